The summed E-state index contributed by atoms with van der Waals surface area (Å²) in [5, 5.41) is 15.5. The molecule has 1 heterocycles. The lowest BCUT2D eigenvalue weighted by molar-refractivity contribution is 0.415. The van der Waals surface area contributed by atoms with E-state index in [1.54, 1.807) is 4.68 Å². The zero-order chi connectivity index (χ0) is 14.9. The van der Waals surface area contributed by atoms with Gasteiger partial charge in [0.1, 0.15) is 0 Å². The fourth-order valence-corrected chi connectivity index (χ4v) is 2.85. The lowest BCUT2D eigenvalue weighted by Crippen LogP contribution is -2.36. The predicted molar refractivity (Wildman–Crippen MR) is 82.9 cm³/mol. The van der Waals surface area contributed by atoms with Crippen molar-refractivity contribution in [3.63, 3.8) is 0 Å². The van der Waals surface area contributed by atoms with Crippen LogP contribution in [0.4, 0.5) is 0 Å². The second-order valence-electron chi connectivity index (χ2n) is 6.02. The first-order valence-corrected chi connectivity index (χ1v) is 7.36. The average Bonchev–Trinajstić information content (AvgIpc) is 2.72. The van der Waals surface area contributed by atoms with E-state index in [-0.39, 0.29) is 5.54 Å². The van der Waals surface area contributed by atoms with Crippen LogP contribution in [0, 0.1) is 13.8 Å². The Morgan fingerprint density at radius 1 is 1.25 bits per heavy atom. The van der Waals surface area contributed by atoms with Crippen molar-refractivity contribution in [3.05, 3.63) is 33.6 Å². The fraction of sp³-hybridized carbons (Fsp3) is 0.500. The second kappa shape index (κ2) is 5.61. The number of aromatic nitrogens is 4. The monoisotopic (exact) mass is 337 g/mol. The molecular weight excluding hydrogens is 318 g/mol. The molecule has 0 saturated heterocycles. The van der Waals surface area contributed by atoms with Crippen LogP contribution < -0.4 is 5.32 Å². The summed E-state index contributed by atoms with van der Waals surface area (Å²) >= 11 is 3.61. The van der Waals surface area contributed by atoms with Crippen LogP contribution >= 0.6 is 15.9 Å². The first-order chi connectivity index (χ1) is 9.28. The Balaban J connectivity index is 2.38. The highest BCUT2D eigenvalue weighted by Gasteiger charge is 2.16. The van der Waals surface area contributed by atoms with E-state index in [1.807, 2.05) is 0 Å². The van der Waals surface area contributed by atoms with Gasteiger partial charge in [-0.05, 0) is 78.2 Å². The highest BCUT2D eigenvalue weighted by atomic mass is 79.9. The van der Waals surface area contributed by atoms with E-state index in [4.69, 9.17) is 0 Å². The van der Waals surface area contributed by atoms with E-state index in [2.05, 4.69) is 83.5 Å². The van der Waals surface area contributed by atoms with Gasteiger partial charge in [-0.25, -0.2) is 0 Å². The number of aryl methyl sites for hydroxylation is 2. The Kier molecular flexibility index (Phi) is 4.25. The van der Waals surface area contributed by atoms with Gasteiger partial charge in [-0.15, -0.1) is 5.10 Å². The molecule has 0 atom stereocenters. The summed E-state index contributed by atoms with van der Waals surface area (Å²) in [7, 11) is 0. The van der Waals surface area contributed by atoms with Gasteiger partial charge in [-0.1, -0.05) is 6.07 Å². The quantitative estimate of drug-likeness (QED) is 0.935. The van der Waals surface area contributed by atoms with Crippen LogP contribution in [-0.2, 0) is 6.54 Å². The Morgan fingerprint density at radius 3 is 2.55 bits per heavy atom. The Labute approximate surface area is 127 Å². The zero-order valence-corrected chi connectivity index (χ0v) is 14.1. The van der Waals surface area contributed by atoms with Gasteiger partial charge in [0.25, 0.3) is 0 Å². The van der Waals surface area contributed by atoms with Crippen molar-refractivity contribution in [2.45, 2.75) is 46.7 Å². The van der Waals surface area contributed by atoms with Crippen molar-refractivity contribution in [2.24, 2.45) is 0 Å². The van der Waals surface area contributed by atoms with Crippen LogP contribution in [0.5, 0.6) is 0 Å². The number of nitrogens with zero attached hydrogens (tertiary/aromatic N) is 4. The molecule has 1 aromatic heterocycles. The first-order valence-electron chi connectivity index (χ1n) is 6.57. The summed E-state index contributed by atoms with van der Waals surface area (Å²) in [6, 6.07) is 4.20. The zero-order valence-electron chi connectivity index (χ0n) is 12.5. The largest absolute Gasteiger partial charge is 0.305 e. The van der Waals surface area contributed by atoms with Crippen LogP contribution in [0.15, 0.2) is 16.6 Å². The molecule has 20 heavy (non-hydrogen) atoms. The minimum Gasteiger partial charge on any atom is -0.305 e. The first kappa shape index (κ1) is 15.1. The maximum atomic E-state index is 4.12. The van der Waals surface area contributed by atoms with Gasteiger partial charge in [0.15, 0.2) is 5.82 Å². The van der Waals surface area contributed by atoms with E-state index in [0.29, 0.717) is 6.54 Å². The smallest absolute Gasteiger partial charge is 0.170 e. The van der Waals surface area contributed by atoms with E-state index in [0.717, 1.165) is 21.5 Å². The molecule has 0 aliphatic carbocycles. The lowest BCUT2D eigenvalue weighted by atomic mass is 10.1. The molecule has 0 fully saturated rings. The number of rotatable bonds is 3. The molecule has 0 spiro atoms. The van der Waals surface area contributed by atoms with E-state index in [9.17, 15) is 0 Å². The van der Waals surface area contributed by atoms with Gasteiger partial charge >= 0.3 is 0 Å². The van der Waals surface area contributed by atoms with Crippen molar-refractivity contribution < 1.29 is 0 Å². The molecule has 2 aromatic rings. The lowest BCUT2D eigenvalue weighted by Gasteiger charge is -2.20. The topological polar surface area (TPSA) is 55.6 Å². The molecule has 0 radical (unpaired) electrons. The van der Waals surface area contributed by atoms with Crippen LogP contribution in [0.3, 0.4) is 0 Å². The van der Waals surface area contributed by atoms with Gasteiger partial charge in [0.05, 0.1) is 12.2 Å². The molecule has 0 aliphatic rings. The molecule has 1 N–H and O–H groups in total. The standard InChI is InChI=1S/C14H20BrN5/c1-9-6-10(2)13(11(15)7-9)20-12(17-18-19-20)8-16-14(3,4)5/h6-7,16H,8H2,1-5H3. The van der Waals surface area contributed by atoms with Gasteiger partial charge in [-0.2, -0.15) is 4.68 Å². The van der Waals surface area contributed by atoms with Gasteiger partial charge in [0, 0.05) is 10.0 Å². The van der Waals surface area contributed by atoms with Gasteiger partial charge < -0.3 is 5.32 Å². The van der Waals surface area contributed by atoms with E-state index in [1.165, 1.54) is 5.56 Å². The van der Waals surface area contributed by atoms with Crippen LogP contribution in [0.2, 0.25) is 0 Å². The molecule has 0 aliphatic heterocycles. The molecule has 0 amide bonds. The molecule has 2 rings (SSSR count). The predicted octanol–water partition coefficient (Wildman–Crippen LogP) is 2.93. The number of hydrogen-bond donors (Lipinski definition) is 1. The maximum Gasteiger partial charge on any atom is 0.170 e. The maximum absolute atomic E-state index is 4.12. The average molecular weight is 338 g/mol. The second-order valence-corrected chi connectivity index (χ2v) is 6.88. The highest BCUT2D eigenvalue weighted by molar-refractivity contribution is 9.10. The third-order valence-electron chi connectivity index (χ3n) is 2.92. The highest BCUT2D eigenvalue weighted by Crippen LogP contribution is 2.26. The fourth-order valence-electron chi connectivity index (χ4n) is 2.01. The molecule has 0 bridgehead atoms. The molecule has 108 valence electrons. The Morgan fingerprint density at radius 2 is 1.95 bits per heavy atom. The van der Waals surface area contributed by atoms with Crippen molar-refractivity contribution >= 4 is 15.9 Å². The van der Waals surface area contributed by atoms with Crippen molar-refractivity contribution in [2.75, 3.05) is 0 Å². The Bertz CT molecular complexity index is 589. The SMILES string of the molecule is Cc1cc(C)c(-n2nnnc2CNC(C)(C)C)c(Br)c1. The molecule has 0 unspecified atom stereocenters. The molecule has 1 aromatic carbocycles. The third kappa shape index (κ3) is 3.43. The summed E-state index contributed by atoms with van der Waals surface area (Å²) in [6.07, 6.45) is 0. The number of hydrogen-bond acceptors (Lipinski definition) is 4. The molecule has 0 saturated carbocycles. The Hall–Kier alpha value is -1.27. The molecule has 6 heteroatoms. The van der Waals surface area contributed by atoms with Crippen LogP contribution in [-0.4, -0.2) is 25.7 Å². The van der Waals surface area contributed by atoms with Gasteiger partial charge in [0.2, 0.25) is 0 Å². The summed E-state index contributed by atoms with van der Waals surface area (Å²) in [5.74, 6) is 0.799. The normalized spacial score (nSPS) is 11.9. The molecular formula is C14H20BrN5. The number of benzene rings is 1. The van der Waals surface area contributed by atoms with Crippen LogP contribution in [0.25, 0.3) is 5.69 Å². The van der Waals surface area contributed by atoms with Crippen molar-refractivity contribution in [1.29, 1.82) is 0 Å². The van der Waals surface area contributed by atoms with E-state index >= 15 is 0 Å². The van der Waals surface area contributed by atoms with Crippen LogP contribution in [0.1, 0.15) is 37.7 Å². The summed E-state index contributed by atoms with van der Waals surface area (Å²) < 4.78 is 2.79. The number of nitrogens with one attached hydrogen (secondary N) is 1. The van der Waals surface area contributed by atoms with Crippen molar-refractivity contribution in [1.82, 2.24) is 25.5 Å². The van der Waals surface area contributed by atoms with Crippen molar-refractivity contribution in [3.8, 4) is 5.69 Å². The van der Waals surface area contributed by atoms with Gasteiger partial charge in [-0.3, -0.25) is 0 Å². The third-order valence-corrected chi connectivity index (χ3v) is 3.53. The molecule has 5 nitrogen and oxygen atoms in total. The minimum absolute atomic E-state index is 0.0241. The summed E-state index contributed by atoms with van der Waals surface area (Å²) in [4.78, 5) is 0. The summed E-state index contributed by atoms with van der Waals surface area (Å²) in [5.41, 5.74) is 3.36. The van der Waals surface area contributed by atoms with E-state index < -0.39 is 0 Å². The minimum atomic E-state index is 0.0241. The number of tetrazole rings is 1. The number of halogens is 1. The summed E-state index contributed by atoms with van der Waals surface area (Å²) in [6.45, 7) is 11.1.